The largest absolute Gasteiger partial charge is 0.619 e. The molecule has 1 saturated carbocycles. The molecule has 1 atom stereocenters. The van der Waals surface area contributed by atoms with Crippen LogP contribution in [-0.4, -0.2) is 49.6 Å². The number of nitrogens with zero attached hydrogens (tertiary/aromatic N) is 2. The average Bonchev–Trinajstić information content (AvgIpc) is 3.57. The number of piperidine rings is 1. The number of hydrogen-bond acceptors (Lipinski definition) is 4. The molecule has 2 aliphatic heterocycles. The Hall–Kier alpha value is -2.93. The average molecular weight is 450 g/mol. The molecule has 5 rings (SSSR count). The summed E-state index contributed by atoms with van der Waals surface area (Å²) in [6.45, 7) is 3.39. The number of benzene rings is 1. The Morgan fingerprint density at radius 2 is 1.70 bits per heavy atom. The van der Waals surface area contributed by atoms with Crippen LogP contribution in [0, 0.1) is 16.5 Å². The zero-order valence-electron chi connectivity index (χ0n) is 18.9. The van der Waals surface area contributed by atoms with Gasteiger partial charge in [-0.25, -0.2) is 0 Å². The molecule has 2 saturated heterocycles. The molecule has 2 amide bonds. The first-order valence-corrected chi connectivity index (χ1v) is 11.9. The highest BCUT2D eigenvalue weighted by atomic mass is 16.5. The maximum atomic E-state index is 13.1. The predicted octanol–water partition coefficient (Wildman–Crippen LogP) is 2.43. The molecule has 1 spiro atoms. The fraction of sp³-hybridized carbons (Fsp3) is 0.500. The zero-order chi connectivity index (χ0) is 22.9. The maximum absolute atomic E-state index is 13.1. The lowest BCUT2D eigenvalue weighted by Crippen LogP contribution is -2.46. The molecule has 2 aromatic rings. The van der Waals surface area contributed by atoms with Crippen molar-refractivity contribution >= 4 is 11.8 Å². The molecule has 0 radical (unpaired) electrons. The molecule has 7 nitrogen and oxygen atoms in total. The fourth-order valence-electron chi connectivity index (χ4n) is 5.66. The number of rotatable bonds is 5. The first-order valence-electron chi connectivity index (χ1n) is 11.9. The minimum absolute atomic E-state index is 0.0329. The second-order valence-corrected chi connectivity index (χ2v) is 9.83. The van der Waals surface area contributed by atoms with Gasteiger partial charge in [-0.15, -0.1) is 0 Å². The molecule has 7 heteroatoms. The van der Waals surface area contributed by atoms with E-state index in [2.05, 4.69) is 29.6 Å². The second kappa shape index (κ2) is 8.78. The van der Waals surface area contributed by atoms with Crippen LogP contribution in [0.15, 0.2) is 54.9 Å². The summed E-state index contributed by atoms with van der Waals surface area (Å²) < 4.78 is 6.29. The molecule has 1 aliphatic carbocycles. The summed E-state index contributed by atoms with van der Waals surface area (Å²) >= 11 is 0. The van der Waals surface area contributed by atoms with Crippen LogP contribution < -0.4 is 10.0 Å². The van der Waals surface area contributed by atoms with E-state index >= 15 is 0 Å². The Morgan fingerprint density at radius 3 is 2.36 bits per heavy atom. The monoisotopic (exact) mass is 449 g/mol. The number of hydrogen-bond donors (Lipinski definition) is 1. The Morgan fingerprint density at radius 1 is 1.03 bits per heavy atom. The molecule has 0 bridgehead atoms. The number of carbonyl (C=O) groups excluding carboxylic acids is 2. The Labute approximate surface area is 194 Å². The predicted molar refractivity (Wildman–Crippen MR) is 122 cm³/mol. The summed E-state index contributed by atoms with van der Waals surface area (Å²) in [5.41, 5.74) is 1.77. The lowest BCUT2D eigenvalue weighted by molar-refractivity contribution is -0.605. The summed E-state index contributed by atoms with van der Waals surface area (Å²) in [6.07, 6.45) is 7.13. The van der Waals surface area contributed by atoms with Gasteiger partial charge in [-0.05, 0) is 43.1 Å². The van der Waals surface area contributed by atoms with Crippen LogP contribution >= 0.6 is 0 Å². The van der Waals surface area contributed by atoms with E-state index in [-0.39, 0.29) is 28.6 Å². The van der Waals surface area contributed by atoms with Gasteiger partial charge in [0.2, 0.25) is 5.91 Å². The zero-order valence-corrected chi connectivity index (χ0v) is 18.9. The number of likely N-dealkylation sites (tertiary alicyclic amines) is 1. The van der Waals surface area contributed by atoms with Gasteiger partial charge in [0.15, 0.2) is 12.4 Å². The highest BCUT2D eigenvalue weighted by molar-refractivity contribution is 5.94. The fourth-order valence-corrected chi connectivity index (χ4v) is 5.66. The lowest BCUT2D eigenvalue weighted by Gasteiger charge is -2.38. The minimum atomic E-state index is -0.0646. The number of pyridine rings is 1. The van der Waals surface area contributed by atoms with Crippen molar-refractivity contribution < 1.29 is 19.1 Å². The van der Waals surface area contributed by atoms with Crippen LogP contribution in [0.3, 0.4) is 0 Å². The number of aromatic nitrogens is 1. The standard InChI is InChI=1S/C26H31N3O4/c30-23(27-19-26(10-16-33-17-11-26)21-4-2-1-3-5-21)22-18-25(22)8-14-28(15-9-25)24(31)20-6-12-29(32)13-7-20/h1-7,12-13,22H,8-11,14-19H2,(H,27,30). The van der Waals surface area contributed by atoms with Crippen LogP contribution in [0.5, 0.6) is 0 Å². The second-order valence-electron chi connectivity index (χ2n) is 9.83. The molecule has 3 aliphatic rings. The van der Waals surface area contributed by atoms with Crippen molar-refractivity contribution in [1.29, 1.82) is 0 Å². The van der Waals surface area contributed by atoms with Gasteiger partial charge in [-0.3, -0.25) is 9.59 Å². The van der Waals surface area contributed by atoms with Gasteiger partial charge < -0.3 is 20.2 Å². The molecular formula is C26H31N3O4. The molecular weight excluding hydrogens is 418 g/mol. The first-order chi connectivity index (χ1) is 16.0. The highest BCUT2D eigenvalue weighted by Crippen LogP contribution is 2.59. The third kappa shape index (κ3) is 4.34. The summed E-state index contributed by atoms with van der Waals surface area (Å²) in [5, 5.41) is 14.5. The molecule has 174 valence electrons. The summed E-state index contributed by atoms with van der Waals surface area (Å²) in [5.74, 6) is 0.148. The molecule has 1 N–H and O–H groups in total. The number of ether oxygens (including phenoxy) is 1. The van der Waals surface area contributed by atoms with Gasteiger partial charge in [-0.2, -0.15) is 4.73 Å². The van der Waals surface area contributed by atoms with E-state index in [1.165, 1.54) is 18.0 Å². The normalized spacial score (nSPS) is 23.2. The molecule has 1 unspecified atom stereocenters. The Balaban J connectivity index is 1.16. The quantitative estimate of drug-likeness (QED) is 0.561. The molecule has 33 heavy (non-hydrogen) atoms. The van der Waals surface area contributed by atoms with Crippen molar-refractivity contribution in [3.8, 4) is 0 Å². The van der Waals surface area contributed by atoms with E-state index in [9.17, 15) is 14.8 Å². The van der Waals surface area contributed by atoms with Crippen LogP contribution in [0.25, 0.3) is 0 Å². The van der Waals surface area contributed by atoms with Crippen molar-refractivity contribution in [2.24, 2.45) is 11.3 Å². The Kier molecular flexibility index (Phi) is 5.83. The topological polar surface area (TPSA) is 85.6 Å². The Bertz CT molecular complexity index is 994. The molecule has 3 fully saturated rings. The number of carbonyl (C=O) groups is 2. The highest BCUT2D eigenvalue weighted by Gasteiger charge is 2.58. The van der Waals surface area contributed by atoms with E-state index < -0.39 is 0 Å². The van der Waals surface area contributed by atoms with Crippen molar-refractivity contribution in [1.82, 2.24) is 10.2 Å². The van der Waals surface area contributed by atoms with Crippen LogP contribution in [0.2, 0.25) is 0 Å². The summed E-state index contributed by atoms with van der Waals surface area (Å²) in [6, 6.07) is 13.6. The van der Waals surface area contributed by atoms with E-state index in [1.54, 1.807) is 12.1 Å². The minimum Gasteiger partial charge on any atom is -0.619 e. The molecule has 3 heterocycles. The smallest absolute Gasteiger partial charge is 0.254 e. The van der Waals surface area contributed by atoms with Crippen molar-refractivity contribution in [3.05, 3.63) is 71.2 Å². The van der Waals surface area contributed by atoms with Crippen LogP contribution in [0.1, 0.15) is 48.0 Å². The van der Waals surface area contributed by atoms with Crippen molar-refractivity contribution in [2.45, 2.75) is 37.5 Å². The maximum Gasteiger partial charge on any atom is 0.254 e. The first kappa shape index (κ1) is 21.9. The van der Waals surface area contributed by atoms with Crippen LogP contribution in [-0.2, 0) is 14.9 Å². The van der Waals surface area contributed by atoms with E-state index in [4.69, 9.17) is 4.74 Å². The number of amides is 2. The van der Waals surface area contributed by atoms with E-state index in [1.807, 2.05) is 11.0 Å². The lowest BCUT2D eigenvalue weighted by atomic mass is 9.74. The van der Waals surface area contributed by atoms with Gasteiger partial charge in [0.1, 0.15) is 0 Å². The summed E-state index contributed by atoms with van der Waals surface area (Å²) in [4.78, 5) is 27.7. The molecule has 1 aromatic heterocycles. The van der Waals surface area contributed by atoms with Gasteiger partial charge in [0.05, 0.1) is 5.56 Å². The summed E-state index contributed by atoms with van der Waals surface area (Å²) in [7, 11) is 0. The third-order valence-electron chi connectivity index (χ3n) is 8.04. The SMILES string of the molecule is O=C(NCC1(c2ccccc2)CCOCC1)C1CC12CCN(C(=O)c1cc[n+]([O-])cc1)CC2. The van der Waals surface area contributed by atoms with E-state index in [0.29, 0.717) is 29.9 Å². The van der Waals surface area contributed by atoms with Gasteiger partial charge in [0.25, 0.3) is 5.91 Å². The van der Waals surface area contributed by atoms with Gasteiger partial charge in [-0.1, -0.05) is 30.3 Å². The van der Waals surface area contributed by atoms with E-state index in [0.717, 1.165) is 45.3 Å². The van der Waals surface area contributed by atoms with Crippen molar-refractivity contribution in [3.63, 3.8) is 0 Å². The van der Waals surface area contributed by atoms with Gasteiger partial charge in [0, 0.05) is 56.3 Å². The van der Waals surface area contributed by atoms with Crippen LogP contribution in [0.4, 0.5) is 0 Å². The third-order valence-corrected chi connectivity index (χ3v) is 8.04. The molecule has 1 aromatic carbocycles. The van der Waals surface area contributed by atoms with Crippen molar-refractivity contribution in [2.75, 3.05) is 32.8 Å². The van der Waals surface area contributed by atoms with Gasteiger partial charge >= 0.3 is 0 Å². The number of nitrogens with one attached hydrogen (secondary N) is 1.